The molecule has 280 valence electrons. The van der Waals surface area contributed by atoms with E-state index in [1.54, 1.807) is 50.3 Å². The van der Waals surface area contributed by atoms with Crippen LogP contribution < -0.4 is 16.0 Å². The van der Waals surface area contributed by atoms with E-state index in [1.807, 2.05) is 0 Å². The number of rotatable bonds is 10. The highest BCUT2D eigenvalue weighted by atomic mass is 16.6. The highest BCUT2D eigenvalue weighted by molar-refractivity contribution is 6.25. The molecule has 3 N–H and O–H groups in total. The summed E-state index contributed by atoms with van der Waals surface area (Å²) in [6, 6.07) is 3.64. The second-order valence-corrected chi connectivity index (χ2v) is 14.2. The Morgan fingerprint density at radius 3 is 2.53 bits per heavy atom. The number of esters is 3. The number of hydrogen-bond donors (Lipinski definition) is 3. The molecule has 0 aromatic heterocycles. The van der Waals surface area contributed by atoms with Gasteiger partial charge in [-0.2, -0.15) is 0 Å². The predicted octanol–water partition coefficient (Wildman–Crippen LogP) is 2.42. The molecule has 1 saturated carbocycles. The molecule has 0 radical (unpaired) electrons. The van der Waals surface area contributed by atoms with Crippen molar-refractivity contribution in [3.63, 3.8) is 0 Å². The Bertz CT molecular complexity index is 1920. The second kappa shape index (κ2) is 14.1. The molecule has 53 heavy (non-hydrogen) atoms. The van der Waals surface area contributed by atoms with Gasteiger partial charge in [-0.1, -0.05) is 24.3 Å². The van der Waals surface area contributed by atoms with Gasteiger partial charge in [0.05, 0.1) is 18.2 Å². The largest absolute Gasteiger partial charge is 0.466 e. The van der Waals surface area contributed by atoms with Crippen LogP contribution >= 0.6 is 0 Å². The van der Waals surface area contributed by atoms with Crippen molar-refractivity contribution < 1.29 is 52.6 Å². The van der Waals surface area contributed by atoms with Crippen LogP contribution in [0.15, 0.2) is 53.6 Å². The van der Waals surface area contributed by atoms with E-state index < -0.39 is 70.1 Å². The minimum atomic E-state index is -1.21. The smallest absolute Gasteiger partial charge is 0.333 e. The van der Waals surface area contributed by atoms with Crippen molar-refractivity contribution >= 4 is 53.1 Å². The lowest BCUT2D eigenvalue weighted by Gasteiger charge is -2.54. The molecule has 15 nitrogen and oxygen atoms in total. The molecule has 3 fully saturated rings. The first-order valence-electron chi connectivity index (χ1n) is 17.6. The number of carbonyl (C=O) groups excluding carboxylic acids is 8. The minimum Gasteiger partial charge on any atom is -0.466 e. The Labute approximate surface area is 305 Å². The van der Waals surface area contributed by atoms with Gasteiger partial charge in [0.15, 0.2) is 0 Å². The van der Waals surface area contributed by atoms with Gasteiger partial charge in [0.1, 0.15) is 22.7 Å². The fraction of sp³-hybridized carbons (Fsp3) is 0.474. The number of methoxy groups -OCH3 is 1. The van der Waals surface area contributed by atoms with E-state index in [0.29, 0.717) is 29.7 Å². The number of ether oxygens (including phenoxy) is 3. The Balaban J connectivity index is 1.09. The minimum absolute atomic E-state index is 0.0152. The molecule has 15 heteroatoms. The van der Waals surface area contributed by atoms with Crippen LogP contribution in [0.3, 0.4) is 0 Å². The summed E-state index contributed by atoms with van der Waals surface area (Å²) in [4.78, 5) is 103. The van der Waals surface area contributed by atoms with Crippen molar-refractivity contribution in [3.05, 3.63) is 64.8 Å². The number of benzene rings is 1. The Hall–Kier alpha value is -5.60. The number of imide groups is 2. The number of anilines is 1. The monoisotopic (exact) mass is 730 g/mol. The summed E-state index contributed by atoms with van der Waals surface area (Å²) >= 11 is 0. The lowest BCUT2D eigenvalue weighted by molar-refractivity contribution is -0.235. The molecule has 3 aliphatic heterocycles. The zero-order chi connectivity index (χ0) is 38.3. The maximum atomic E-state index is 13.8. The summed E-state index contributed by atoms with van der Waals surface area (Å²) in [5.74, 6) is -4.73. The Kier molecular flexibility index (Phi) is 9.88. The van der Waals surface area contributed by atoms with Crippen LogP contribution in [0.25, 0.3) is 0 Å². The molecule has 2 aliphatic carbocycles. The van der Waals surface area contributed by atoms with Crippen LogP contribution in [-0.2, 0) is 43.0 Å². The first kappa shape index (κ1) is 37.2. The second-order valence-electron chi connectivity index (χ2n) is 14.2. The molecule has 3 heterocycles. The third-order valence-corrected chi connectivity index (χ3v) is 11.2. The molecule has 2 bridgehead atoms. The zero-order valence-electron chi connectivity index (χ0n) is 30.0. The van der Waals surface area contributed by atoms with Gasteiger partial charge in [0, 0.05) is 49.2 Å². The molecule has 5 aliphatic rings. The standard InChI is InChI=1S/C38H42N4O11/c1-21(30(45)40-20-19-39-25-9-5-8-24-29(25)33(48)42(32(24)47)26-10-11-28(44)41-31(26)46)7-6-15-36(3)27-14-17-37(35(50)53-36)16-12-23(34(49)51-4)13-18-38(27,37)52-22(2)43/h5-9,12,15,26-27,39H,10-11,13-14,16-20H2,1-4H3,(H,40,45)(H,41,44,46). The average Bonchev–Trinajstić information content (AvgIpc) is 3.45. The average molecular weight is 731 g/mol. The van der Waals surface area contributed by atoms with Gasteiger partial charge in [0.25, 0.3) is 11.8 Å². The third-order valence-electron chi connectivity index (χ3n) is 11.2. The van der Waals surface area contributed by atoms with Crippen LogP contribution in [-0.4, -0.2) is 89.8 Å². The first-order valence-corrected chi connectivity index (χ1v) is 17.6. The number of carbonyl (C=O) groups is 8. The predicted molar refractivity (Wildman–Crippen MR) is 186 cm³/mol. The van der Waals surface area contributed by atoms with Gasteiger partial charge in [-0.05, 0) is 70.6 Å². The van der Waals surface area contributed by atoms with Crippen LogP contribution in [0.2, 0.25) is 0 Å². The summed E-state index contributed by atoms with van der Waals surface area (Å²) in [5, 5.41) is 8.05. The molecule has 0 spiro atoms. The molecular weight excluding hydrogens is 688 g/mol. The van der Waals surface area contributed by atoms with E-state index in [1.165, 1.54) is 20.1 Å². The van der Waals surface area contributed by atoms with Crippen molar-refractivity contribution in [2.24, 2.45) is 11.3 Å². The number of allylic oxidation sites excluding steroid dienone is 3. The number of fused-ring (bicyclic) bond motifs is 1. The number of cyclic esters (lactones) is 1. The normalized spacial score (nSPS) is 29.4. The number of nitrogens with one attached hydrogen (secondary N) is 3. The van der Waals surface area contributed by atoms with Crippen LogP contribution in [0.5, 0.6) is 0 Å². The van der Waals surface area contributed by atoms with Crippen molar-refractivity contribution in [2.45, 2.75) is 83.0 Å². The fourth-order valence-corrected chi connectivity index (χ4v) is 8.63. The molecule has 5 amide bonds. The van der Waals surface area contributed by atoms with Crippen LogP contribution in [0, 0.1) is 11.3 Å². The molecule has 2 saturated heterocycles. The topological polar surface area (TPSA) is 204 Å². The van der Waals surface area contributed by atoms with E-state index >= 15 is 0 Å². The molecule has 5 unspecified atom stereocenters. The van der Waals surface area contributed by atoms with Crippen molar-refractivity contribution in [1.29, 1.82) is 0 Å². The summed E-state index contributed by atoms with van der Waals surface area (Å²) in [7, 11) is 1.29. The molecule has 1 aromatic rings. The van der Waals surface area contributed by atoms with Gasteiger partial charge < -0.3 is 24.8 Å². The molecule has 1 aromatic carbocycles. The van der Waals surface area contributed by atoms with E-state index in [-0.39, 0.29) is 62.2 Å². The summed E-state index contributed by atoms with van der Waals surface area (Å²) in [6.07, 6.45) is 8.31. The number of nitrogens with zero attached hydrogens (tertiary/aromatic N) is 1. The maximum absolute atomic E-state index is 13.8. The lowest BCUT2D eigenvalue weighted by atomic mass is 9.62. The van der Waals surface area contributed by atoms with Gasteiger partial charge in [-0.3, -0.25) is 43.8 Å². The molecule has 6 rings (SSSR count). The van der Waals surface area contributed by atoms with Gasteiger partial charge in [0.2, 0.25) is 17.7 Å². The molecular formula is C38H42N4O11. The van der Waals surface area contributed by atoms with Crippen molar-refractivity contribution in [3.8, 4) is 0 Å². The van der Waals surface area contributed by atoms with E-state index in [2.05, 4.69) is 16.0 Å². The van der Waals surface area contributed by atoms with Crippen molar-refractivity contribution in [1.82, 2.24) is 15.5 Å². The van der Waals surface area contributed by atoms with Crippen molar-refractivity contribution in [2.75, 3.05) is 25.5 Å². The van der Waals surface area contributed by atoms with E-state index in [4.69, 9.17) is 14.2 Å². The summed E-state index contributed by atoms with van der Waals surface area (Å²) < 4.78 is 17.1. The number of amides is 5. The quantitative estimate of drug-likeness (QED) is 0.0794. The molecule has 5 atom stereocenters. The first-order chi connectivity index (χ1) is 25.2. The van der Waals surface area contributed by atoms with Gasteiger partial charge in [-0.25, -0.2) is 4.79 Å². The highest BCUT2D eigenvalue weighted by Crippen LogP contribution is 2.65. The fourth-order valence-electron chi connectivity index (χ4n) is 8.63. The van der Waals surface area contributed by atoms with E-state index in [0.717, 1.165) is 4.90 Å². The lowest BCUT2D eigenvalue weighted by Crippen LogP contribution is -2.65. The van der Waals surface area contributed by atoms with Crippen LogP contribution in [0.4, 0.5) is 5.69 Å². The summed E-state index contributed by atoms with van der Waals surface area (Å²) in [5.41, 5.74) is -2.13. The SMILES string of the molecule is COC(=O)C1=CCC23CCC(C(C)(C=CC=C(C)C(=O)NCCNc4cccc5c4C(=O)N(C4CCC(=O)NC4=O)C5=O)OC2=O)C3(OC(C)=O)CC1. The zero-order valence-corrected chi connectivity index (χ0v) is 30.0. The van der Waals surface area contributed by atoms with Gasteiger partial charge in [-0.15, -0.1) is 0 Å². The van der Waals surface area contributed by atoms with Gasteiger partial charge >= 0.3 is 17.9 Å². The summed E-state index contributed by atoms with van der Waals surface area (Å²) in [6.45, 7) is 5.03. The third kappa shape index (κ3) is 6.31. The Morgan fingerprint density at radius 2 is 1.81 bits per heavy atom. The maximum Gasteiger partial charge on any atom is 0.333 e. The van der Waals surface area contributed by atoms with Crippen LogP contribution in [0.1, 0.15) is 86.4 Å². The Morgan fingerprint density at radius 1 is 1.04 bits per heavy atom. The number of piperidine rings is 1. The highest BCUT2D eigenvalue weighted by Gasteiger charge is 2.74. The number of hydrogen-bond acceptors (Lipinski definition) is 12. The van der Waals surface area contributed by atoms with E-state index in [9.17, 15) is 38.4 Å².